The Morgan fingerprint density at radius 1 is 0.543 bits per heavy atom. The van der Waals surface area contributed by atoms with E-state index in [-0.39, 0.29) is 19.5 Å². The summed E-state index contributed by atoms with van der Waals surface area (Å²) in [4.78, 5) is 0. The van der Waals surface area contributed by atoms with E-state index >= 15 is 0 Å². The molecule has 0 radical (unpaired) electrons. The van der Waals surface area contributed by atoms with Crippen LogP contribution in [0.1, 0.15) is 101 Å². The molecular weight excluding hydrogens is 716 g/mol. The van der Waals surface area contributed by atoms with Crippen LogP contribution < -0.4 is 9.47 Å². The first-order valence-electron chi connectivity index (χ1n) is 16.5. The van der Waals surface area contributed by atoms with Crippen LogP contribution in [0.25, 0.3) is 0 Å². The molecule has 3 aliphatic carbocycles. The molecule has 10 heteroatoms. The Kier molecular flexibility index (Phi) is 21.6. The van der Waals surface area contributed by atoms with Crippen LogP contribution in [-0.4, -0.2) is 34.8 Å². The van der Waals surface area contributed by atoms with Gasteiger partial charge in [-0.05, 0) is 76.8 Å². The number of allylic oxidation sites excluding steroid dienone is 4. The summed E-state index contributed by atoms with van der Waals surface area (Å²) in [6.07, 6.45) is 27.6. The minimum atomic E-state index is -6.00. The average molecular weight is 770 g/mol. The second-order valence-electron chi connectivity index (χ2n) is 11.8. The van der Waals surface area contributed by atoms with E-state index in [1.165, 1.54) is 101 Å². The van der Waals surface area contributed by atoms with Crippen molar-refractivity contribution in [3.63, 3.8) is 0 Å². The van der Waals surface area contributed by atoms with Gasteiger partial charge in [-0.1, -0.05) is 99.2 Å². The number of methoxy groups -OCH3 is 2. The standard InChI is InChI=1S/2C14H21OP.C8H12.BF4.Rh/c2*1-15-13-9-5-4-8-12(13)14(16-2)10-6-3-7-11-14;1-2-4-6-8-7-5-3-1;2-1(3,4)5;/h2*4-5,8-9,16H,3,6-7,10-11H2,1-2H3;1-2,7-8H,3-6H2;;/q;;;-1;+1/b;;2-1-,8-7-;;. The quantitative estimate of drug-likeness (QED) is 0.126. The number of halogens is 4. The van der Waals surface area contributed by atoms with E-state index in [0.717, 1.165) is 28.7 Å². The Hall–Kier alpha value is -1.21. The summed E-state index contributed by atoms with van der Waals surface area (Å²) in [6.45, 7) is 4.69. The maximum atomic E-state index is 9.75. The molecule has 0 bridgehead atoms. The number of rotatable bonds is 6. The topological polar surface area (TPSA) is 18.5 Å². The summed E-state index contributed by atoms with van der Waals surface area (Å²) in [5.74, 6) is 2.16. The van der Waals surface area contributed by atoms with Crippen molar-refractivity contribution in [2.45, 2.75) is 100 Å². The molecule has 0 amide bonds. The zero-order chi connectivity index (χ0) is 33.0. The van der Waals surface area contributed by atoms with Crippen LogP contribution in [0.3, 0.4) is 0 Å². The molecule has 2 aromatic carbocycles. The maximum Gasteiger partial charge on any atom is 1.00 e. The predicted octanol–water partition coefficient (Wildman–Crippen LogP) is 12.3. The van der Waals surface area contributed by atoms with Crippen molar-refractivity contribution in [1.82, 2.24) is 0 Å². The zero-order valence-electron chi connectivity index (χ0n) is 28.1. The fourth-order valence-corrected chi connectivity index (χ4v) is 9.21. The molecular formula is C36H54BF4O2P2Rh. The van der Waals surface area contributed by atoms with Crippen LogP contribution in [0, 0.1) is 0 Å². The third-order valence-corrected chi connectivity index (χ3v) is 12.4. The van der Waals surface area contributed by atoms with Crippen molar-refractivity contribution >= 4 is 24.4 Å². The van der Waals surface area contributed by atoms with E-state index < -0.39 is 7.25 Å². The summed E-state index contributed by atoms with van der Waals surface area (Å²) in [6, 6.07) is 17.2. The van der Waals surface area contributed by atoms with Gasteiger partial charge in [0.15, 0.2) is 0 Å². The first kappa shape index (κ1) is 42.8. The first-order chi connectivity index (χ1) is 21.6. The van der Waals surface area contributed by atoms with Crippen molar-refractivity contribution in [2.24, 2.45) is 0 Å². The van der Waals surface area contributed by atoms with E-state index in [1.807, 2.05) is 0 Å². The van der Waals surface area contributed by atoms with Crippen LogP contribution in [0.5, 0.6) is 11.5 Å². The molecule has 2 atom stereocenters. The van der Waals surface area contributed by atoms with Gasteiger partial charge in [-0.25, -0.2) is 0 Å². The predicted molar refractivity (Wildman–Crippen MR) is 191 cm³/mol. The molecule has 2 unspecified atom stereocenters. The first-order valence-corrected chi connectivity index (χ1v) is 19.5. The number of ether oxygens (including phenoxy) is 2. The Labute approximate surface area is 292 Å². The zero-order valence-corrected chi connectivity index (χ0v) is 31.7. The van der Waals surface area contributed by atoms with Gasteiger partial charge >= 0.3 is 26.7 Å². The van der Waals surface area contributed by atoms with E-state index in [2.05, 4.69) is 86.2 Å². The van der Waals surface area contributed by atoms with Crippen molar-refractivity contribution in [1.29, 1.82) is 0 Å². The molecule has 3 aliphatic rings. The Morgan fingerprint density at radius 2 is 0.826 bits per heavy atom. The molecule has 46 heavy (non-hydrogen) atoms. The van der Waals surface area contributed by atoms with Gasteiger partial charge < -0.3 is 26.7 Å². The number of para-hydroxylation sites is 2. The van der Waals surface area contributed by atoms with Gasteiger partial charge in [-0.2, -0.15) is 0 Å². The van der Waals surface area contributed by atoms with Gasteiger partial charge in [-0.3, -0.25) is 0 Å². The van der Waals surface area contributed by atoms with E-state index in [4.69, 9.17) is 9.47 Å². The fourth-order valence-electron chi connectivity index (χ4n) is 6.55. The minimum Gasteiger partial charge on any atom is -0.496 e. The van der Waals surface area contributed by atoms with Crippen molar-refractivity contribution in [3.05, 3.63) is 84.0 Å². The van der Waals surface area contributed by atoms with E-state index in [9.17, 15) is 17.3 Å². The number of hydrogen-bond donors (Lipinski definition) is 0. The van der Waals surface area contributed by atoms with Gasteiger partial charge in [0.2, 0.25) is 0 Å². The molecule has 260 valence electrons. The minimum absolute atomic E-state index is 0. The summed E-state index contributed by atoms with van der Waals surface area (Å²) >= 11 is 0. The van der Waals surface area contributed by atoms with Crippen molar-refractivity contribution in [2.75, 3.05) is 27.5 Å². The molecule has 2 aromatic rings. The molecule has 2 saturated carbocycles. The van der Waals surface area contributed by atoms with Crippen LogP contribution in [0.2, 0.25) is 0 Å². The van der Waals surface area contributed by atoms with Crippen molar-refractivity contribution in [3.8, 4) is 11.5 Å². The molecule has 0 spiro atoms. The monoisotopic (exact) mass is 770 g/mol. The molecule has 0 N–H and O–H groups in total. The average Bonchev–Trinajstić information content (AvgIpc) is 3.05. The van der Waals surface area contributed by atoms with Gasteiger partial charge in [0.25, 0.3) is 0 Å². The largest absolute Gasteiger partial charge is 1.00 e. The SMILES string of the molecule is C1=C\CC/C=C\CC/1.COc1ccccc1C1(PC)CCCCC1.COc1ccccc1C1(PC)CCCCC1.F[B-](F)(F)F.[Rh+]. The summed E-state index contributed by atoms with van der Waals surface area (Å²) in [7, 11) is -0.480. The van der Waals surface area contributed by atoms with E-state index in [0.29, 0.717) is 10.3 Å². The van der Waals surface area contributed by atoms with Crippen LogP contribution in [0.4, 0.5) is 17.3 Å². The van der Waals surface area contributed by atoms with E-state index in [1.54, 1.807) is 14.2 Å². The van der Waals surface area contributed by atoms with Gasteiger partial charge in [-0.15, -0.1) is 17.2 Å². The molecule has 0 aromatic heterocycles. The Balaban J connectivity index is 0.000000332. The normalized spacial score (nSPS) is 20.2. The third kappa shape index (κ3) is 14.9. The molecule has 0 aliphatic heterocycles. The second kappa shape index (κ2) is 23.2. The second-order valence-corrected chi connectivity index (χ2v) is 14.7. The van der Waals surface area contributed by atoms with Crippen LogP contribution in [0.15, 0.2) is 72.8 Å². The summed E-state index contributed by atoms with van der Waals surface area (Å²) < 4.78 is 50.1. The summed E-state index contributed by atoms with van der Waals surface area (Å²) in [5, 5.41) is 0.815. The van der Waals surface area contributed by atoms with Gasteiger partial charge in [0, 0.05) is 21.4 Å². The van der Waals surface area contributed by atoms with Gasteiger partial charge in [0.1, 0.15) is 11.5 Å². The van der Waals surface area contributed by atoms with Crippen LogP contribution >= 0.6 is 17.2 Å². The smallest absolute Gasteiger partial charge is 0.496 e. The Bertz CT molecular complexity index is 1050. The molecule has 2 fully saturated rings. The maximum absolute atomic E-state index is 9.75. The van der Waals surface area contributed by atoms with Crippen LogP contribution in [-0.2, 0) is 29.8 Å². The third-order valence-electron chi connectivity index (χ3n) is 8.95. The fraction of sp³-hybridized carbons (Fsp3) is 0.556. The Morgan fingerprint density at radius 3 is 1.09 bits per heavy atom. The molecule has 5 rings (SSSR count). The number of benzene rings is 2. The van der Waals surface area contributed by atoms with Gasteiger partial charge in [0.05, 0.1) is 14.2 Å². The number of hydrogen-bond acceptors (Lipinski definition) is 2. The van der Waals surface area contributed by atoms with Crippen molar-refractivity contribution < 1.29 is 46.2 Å². The summed E-state index contributed by atoms with van der Waals surface area (Å²) in [5.41, 5.74) is 2.89. The molecule has 2 nitrogen and oxygen atoms in total. The molecule has 0 saturated heterocycles. The molecule has 0 heterocycles.